The third-order valence-corrected chi connectivity index (χ3v) is 5.18. The highest BCUT2D eigenvalue weighted by molar-refractivity contribution is 5.83. The molecule has 1 spiro atoms. The number of aliphatic carboxylic acids is 2. The van der Waals surface area contributed by atoms with Crippen LogP contribution < -0.4 is 5.73 Å². The van der Waals surface area contributed by atoms with Gasteiger partial charge in [-0.1, -0.05) is 36.8 Å². The zero-order chi connectivity index (χ0) is 19.3. The van der Waals surface area contributed by atoms with Crippen LogP contribution in [0.4, 0.5) is 0 Å². The lowest BCUT2D eigenvalue weighted by Gasteiger charge is -2.41. The Morgan fingerprint density at radius 2 is 1.65 bits per heavy atom. The fourth-order valence-corrected chi connectivity index (χ4v) is 3.49. The van der Waals surface area contributed by atoms with Crippen molar-refractivity contribution in [2.75, 3.05) is 13.1 Å². The molecule has 1 saturated heterocycles. The third kappa shape index (κ3) is 4.79. The van der Waals surface area contributed by atoms with Gasteiger partial charge in [0.05, 0.1) is 0 Å². The summed E-state index contributed by atoms with van der Waals surface area (Å²) in [5.74, 6) is -3.54. The Morgan fingerprint density at radius 1 is 1.12 bits per heavy atom. The molecule has 8 nitrogen and oxygen atoms in total. The number of rotatable bonds is 5. The summed E-state index contributed by atoms with van der Waals surface area (Å²) in [4.78, 5) is 22.1. The summed E-state index contributed by atoms with van der Waals surface area (Å²) in [6.45, 7) is 3.36. The summed E-state index contributed by atoms with van der Waals surface area (Å²) in [6, 6.07) is 11.1. The average Bonchev–Trinajstić information content (AvgIpc) is 2.91. The topological polar surface area (TPSA) is 144 Å². The van der Waals surface area contributed by atoms with E-state index in [-0.39, 0.29) is 0 Å². The number of aliphatic hydroxyl groups excluding tert-OH is 2. The van der Waals surface area contributed by atoms with E-state index in [0.717, 1.165) is 13.1 Å². The monoisotopic (exact) mass is 366 g/mol. The minimum Gasteiger partial charge on any atom is -0.479 e. The van der Waals surface area contributed by atoms with Crippen molar-refractivity contribution in [1.29, 1.82) is 0 Å². The van der Waals surface area contributed by atoms with Crippen LogP contribution in [0.1, 0.15) is 24.8 Å². The second-order valence-corrected chi connectivity index (χ2v) is 7.04. The van der Waals surface area contributed by atoms with Crippen LogP contribution in [-0.4, -0.2) is 68.6 Å². The number of carboxylic acids is 2. The minimum atomic E-state index is -2.27. The molecule has 3 rings (SSSR count). The number of nitrogens with zero attached hydrogens (tertiary/aromatic N) is 1. The molecule has 2 fully saturated rings. The number of nitrogens with two attached hydrogens (primary N) is 1. The Labute approximate surface area is 151 Å². The first kappa shape index (κ1) is 20.3. The number of hydrogen-bond donors (Lipinski definition) is 5. The van der Waals surface area contributed by atoms with Crippen LogP contribution in [0.2, 0.25) is 0 Å². The number of likely N-dealkylation sites (tertiary alicyclic amines) is 1. The minimum absolute atomic E-state index is 0.407. The predicted octanol–water partition coefficient (Wildman–Crippen LogP) is -0.123. The fraction of sp³-hybridized carbons (Fsp3) is 0.556. The highest BCUT2D eigenvalue weighted by atomic mass is 16.4. The molecule has 1 heterocycles. The molecule has 1 aliphatic heterocycles. The Kier molecular flexibility index (Phi) is 6.71. The van der Waals surface area contributed by atoms with Crippen molar-refractivity contribution in [3.05, 3.63) is 35.9 Å². The van der Waals surface area contributed by atoms with Gasteiger partial charge in [-0.25, -0.2) is 9.59 Å². The van der Waals surface area contributed by atoms with Crippen LogP contribution in [0.15, 0.2) is 30.3 Å². The molecule has 8 heteroatoms. The maximum atomic E-state index is 9.77. The molecule has 2 unspecified atom stereocenters. The summed E-state index contributed by atoms with van der Waals surface area (Å²) in [5.41, 5.74) is 8.17. The van der Waals surface area contributed by atoms with Gasteiger partial charge < -0.3 is 26.2 Å². The standard InChI is InChI=1S/C14H20N2.C4H6O6/c15-13-10-16(11-14(13)7-4-8-14)9-12-5-2-1-3-6-12;5-1(3(7)8)2(6)4(9)10/h1-3,5-6,13H,4,7-11,15H2;1-2,5-6H,(H,7,8)(H,9,10)/t13-;/m1./s1. The van der Waals surface area contributed by atoms with Crippen molar-refractivity contribution in [2.24, 2.45) is 11.1 Å². The maximum absolute atomic E-state index is 9.77. The Balaban J connectivity index is 0.000000213. The quantitative estimate of drug-likeness (QED) is 0.485. The van der Waals surface area contributed by atoms with E-state index in [4.69, 9.17) is 26.2 Å². The molecule has 3 atom stereocenters. The summed E-state index contributed by atoms with van der Waals surface area (Å²) in [7, 11) is 0. The van der Waals surface area contributed by atoms with Crippen molar-refractivity contribution in [3.63, 3.8) is 0 Å². The van der Waals surface area contributed by atoms with Gasteiger partial charge in [-0.15, -0.1) is 0 Å². The SMILES string of the molecule is N[C@@H]1CN(Cc2ccccc2)CC12CCC2.O=C(O)C(O)C(O)C(=O)O. The van der Waals surface area contributed by atoms with E-state index in [9.17, 15) is 9.59 Å². The fourth-order valence-electron chi connectivity index (χ4n) is 3.49. The van der Waals surface area contributed by atoms with Gasteiger partial charge in [0.1, 0.15) is 0 Å². The van der Waals surface area contributed by atoms with Crippen molar-refractivity contribution in [2.45, 2.75) is 44.1 Å². The zero-order valence-corrected chi connectivity index (χ0v) is 14.5. The second kappa shape index (κ2) is 8.59. The smallest absolute Gasteiger partial charge is 0.335 e. The molecule has 1 aliphatic carbocycles. The third-order valence-electron chi connectivity index (χ3n) is 5.18. The van der Waals surface area contributed by atoms with Gasteiger partial charge in [0, 0.05) is 25.7 Å². The van der Waals surface area contributed by atoms with E-state index in [1.54, 1.807) is 0 Å². The highest BCUT2D eigenvalue weighted by Crippen LogP contribution is 2.47. The van der Waals surface area contributed by atoms with Crippen molar-refractivity contribution < 1.29 is 30.0 Å². The molecule has 0 radical (unpaired) electrons. The first-order chi connectivity index (χ1) is 12.2. The van der Waals surface area contributed by atoms with Crippen LogP contribution in [0.3, 0.4) is 0 Å². The van der Waals surface area contributed by atoms with Crippen LogP contribution >= 0.6 is 0 Å². The maximum Gasteiger partial charge on any atom is 0.335 e. The number of carbonyl (C=O) groups is 2. The molecule has 1 aromatic rings. The van der Waals surface area contributed by atoms with Crippen molar-refractivity contribution in [3.8, 4) is 0 Å². The van der Waals surface area contributed by atoms with E-state index in [0.29, 0.717) is 11.5 Å². The van der Waals surface area contributed by atoms with Crippen LogP contribution in [0.25, 0.3) is 0 Å². The largest absolute Gasteiger partial charge is 0.479 e. The summed E-state index contributed by atoms with van der Waals surface area (Å²) in [5, 5.41) is 32.5. The predicted molar refractivity (Wildman–Crippen MR) is 93.3 cm³/mol. The van der Waals surface area contributed by atoms with Gasteiger partial charge in [0.25, 0.3) is 0 Å². The molecule has 0 bridgehead atoms. The second-order valence-electron chi connectivity index (χ2n) is 7.04. The lowest BCUT2D eigenvalue weighted by atomic mass is 9.66. The number of benzene rings is 1. The molecular weight excluding hydrogens is 340 g/mol. The van der Waals surface area contributed by atoms with E-state index in [1.807, 2.05) is 0 Å². The van der Waals surface area contributed by atoms with Gasteiger partial charge in [0.2, 0.25) is 0 Å². The number of hydrogen-bond acceptors (Lipinski definition) is 6. The number of carboxylic acid groups (broad SMARTS) is 2. The summed E-state index contributed by atoms with van der Waals surface area (Å²) in [6.07, 6.45) is -0.457. The van der Waals surface area contributed by atoms with Gasteiger partial charge in [-0.2, -0.15) is 0 Å². The summed E-state index contributed by atoms with van der Waals surface area (Å²) >= 11 is 0. The lowest BCUT2D eigenvalue weighted by molar-refractivity contribution is -0.165. The molecule has 0 amide bonds. The van der Waals surface area contributed by atoms with Crippen LogP contribution in [-0.2, 0) is 16.1 Å². The van der Waals surface area contributed by atoms with E-state index < -0.39 is 24.1 Å². The molecule has 0 aromatic heterocycles. The van der Waals surface area contributed by atoms with Crippen molar-refractivity contribution >= 4 is 11.9 Å². The molecule has 1 aromatic carbocycles. The Bertz CT molecular complexity index is 601. The van der Waals surface area contributed by atoms with Gasteiger partial charge >= 0.3 is 11.9 Å². The molecule has 26 heavy (non-hydrogen) atoms. The molecule has 1 saturated carbocycles. The zero-order valence-electron chi connectivity index (χ0n) is 14.5. The first-order valence-corrected chi connectivity index (χ1v) is 8.59. The lowest BCUT2D eigenvalue weighted by Crippen LogP contribution is -2.45. The van der Waals surface area contributed by atoms with E-state index in [2.05, 4.69) is 35.2 Å². The van der Waals surface area contributed by atoms with Gasteiger partial charge in [-0.05, 0) is 23.8 Å². The van der Waals surface area contributed by atoms with Crippen LogP contribution in [0.5, 0.6) is 0 Å². The number of aliphatic hydroxyl groups is 2. The van der Waals surface area contributed by atoms with Crippen molar-refractivity contribution in [1.82, 2.24) is 4.90 Å². The van der Waals surface area contributed by atoms with Gasteiger partial charge in [-0.3, -0.25) is 4.90 Å². The highest BCUT2D eigenvalue weighted by Gasteiger charge is 2.48. The van der Waals surface area contributed by atoms with Gasteiger partial charge in [0.15, 0.2) is 12.2 Å². The molecule has 2 aliphatic rings. The Hall–Kier alpha value is -2.00. The normalized spacial score (nSPS) is 23.4. The average molecular weight is 366 g/mol. The van der Waals surface area contributed by atoms with E-state index >= 15 is 0 Å². The molecule has 144 valence electrons. The molecule has 6 N–H and O–H groups in total. The first-order valence-electron chi connectivity index (χ1n) is 8.59. The Morgan fingerprint density at radius 3 is 2.04 bits per heavy atom. The van der Waals surface area contributed by atoms with E-state index in [1.165, 1.54) is 31.4 Å². The molecular formula is C18H26N2O6. The van der Waals surface area contributed by atoms with Crippen LogP contribution in [0, 0.1) is 5.41 Å². The summed E-state index contributed by atoms with van der Waals surface area (Å²) < 4.78 is 0.